The van der Waals surface area contributed by atoms with Gasteiger partial charge in [0, 0.05) is 6.54 Å². The zero-order valence-electron chi connectivity index (χ0n) is 22.3. The van der Waals surface area contributed by atoms with Crippen molar-refractivity contribution in [2.45, 2.75) is 45.6 Å². The van der Waals surface area contributed by atoms with Crippen LogP contribution in [0.5, 0.6) is 11.5 Å². The topological polar surface area (TPSA) is 73.7 Å². The highest BCUT2D eigenvalue weighted by atomic mass is 16.5. The summed E-state index contributed by atoms with van der Waals surface area (Å²) < 4.78 is 13.1. The van der Waals surface area contributed by atoms with Crippen LogP contribution in [0.2, 0.25) is 0 Å². The maximum absolute atomic E-state index is 13.9. The normalized spacial score (nSPS) is 11.8. The monoisotopic (exact) mass is 513 g/mol. The van der Waals surface area contributed by atoms with Crippen LogP contribution < -0.4 is 15.0 Å². The number of hydrogen-bond acceptors (Lipinski definition) is 5. The first-order valence-corrected chi connectivity index (χ1v) is 13.2. The number of fused-ring (bicyclic) bond motifs is 1. The number of methoxy groups -OCH3 is 1. The summed E-state index contributed by atoms with van der Waals surface area (Å²) in [6.07, 6.45) is 3.43. The predicted molar refractivity (Wildman–Crippen MR) is 150 cm³/mol. The average molecular weight is 514 g/mol. The van der Waals surface area contributed by atoms with Crippen molar-refractivity contribution in [2.75, 3.05) is 20.3 Å². The Morgan fingerprint density at radius 1 is 0.947 bits per heavy atom. The van der Waals surface area contributed by atoms with E-state index in [1.54, 1.807) is 17.7 Å². The third-order valence-electron chi connectivity index (χ3n) is 6.62. The summed E-state index contributed by atoms with van der Waals surface area (Å²) in [5.41, 5.74) is 0.988. The van der Waals surface area contributed by atoms with Gasteiger partial charge >= 0.3 is 0 Å². The van der Waals surface area contributed by atoms with Gasteiger partial charge in [-0.25, -0.2) is 4.98 Å². The summed E-state index contributed by atoms with van der Waals surface area (Å²) in [5, 5.41) is 0.508. The van der Waals surface area contributed by atoms with Crippen LogP contribution in [-0.4, -0.2) is 40.6 Å². The van der Waals surface area contributed by atoms with Gasteiger partial charge in [-0.15, -0.1) is 0 Å². The van der Waals surface area contributed by atoms with E-state index in [-0.39, 0.29) is 18.1 Å². The smallest absolute Gasteiger partial charge is 0.266 e. The number of aromatic nitrogens is 2. The molecule has 7 heteroatoms. The second-order valence-electron chi connectivity index (χ2n) is 9.12. The summed E-state index contributed by atoms with van der Waals surface area (Å²) in [7, 11) is 1.58. The Morgan fingerprint density at radius 3 is 2.39 bits per heavy atom. The van der Waals surface area contributed by atoms with Crippen molar-refractivity contribution in [3.05, 3.63) is 95.0 Å². The van der Waals surface area contributed by atoms with Crippen LogP contribution in [0, 0.1) is 0 Å². The van der Waals surface area contributed by atoms with E-state index in [1.165, 1.54) is 0 Å². The molecule has 1 unspecified atom stereocenters. The third kappa shape index (κ3) is 5.88. The van der Waals surface area contributed by atoms with Crippen molar-refractivity contribution in [3.8, 4) is 17.2 Å². The lowest BCUT2D eigenvalue weighted by Gasteiger charge is -2.32. The Kier molecular flexibility index (Phi) is 9.14. The van der Waals surface area contributed by atoms with Crippen molar-refractivity contribution in [3.63, 3.8) is 0 Å². The lowest BCUT2D eigenvalue weighted by molar-refractivity contribution is -0.136. The molecule has 1 heterocycles. The molecule has 1 amide bonds. The van der Waals surface area contributed by atoms with E-state index in [4.69, 9.17) is 14.5 Å². The van der Waals surface area contributed by atoms with Gasteiger partial charge in [0.2, 0.25) is 0 Å². The zero-order valence-corrected chi connectivity index (χ0v) is 22.3. The molecule has 38 heavy (non-hydrogen) atoms. The van der Waals surface area contributed by atoms with Gasteiger partial charge in [0.25, 0.3) is 11.5 Å². The van der Waals surface area contributed by atoms with Crippen LogP contribution in [-0.2, 0) is 4.79 Å². The molecule has 1 aromatic heterocycles. The zero-order chi connectivity index (χ0) is 26.9. The molecular weight excluding hydrogens is 478 g/mol. The summed E-state index contributed by atoms with van der Waals surface area (Å²) in [6.45, 7) is 4.58. The fourth-order valence-electron chi connectivity index (χ4n) is 4.69. The molecule has 0 bridgehead atoms. The molecule has 0 saturated heterocycles. The van der Waals surface area contributed by atoms with E-state index in [0.29, 0.717) is 46.9 Å². The fraction of sp³-hybridized carbons (Fsp3) is 0.323. The average Bonchev–Trinajstić information content (AvgIpc) is 2.96. The minimum Gasteiger partial charge on any atom is -0.495 e. The Bertz CT molecular complexity index is 1420. The van der Waals surface area contributed by atoms with Gasteiger partial charge in [-0.3, -0.25) is 14.2 Å². The first-order valence-electron chi connectivity index (χ1n) is 13.2. The van der Waals surface area contributed by atoms with E-state index in [1.807, 2.05) is 84.6 Å². The lowest BCUT2D eigenvalue weighted by atomic mass is 10.1. The van der Waals surface area contributed by atoms with Gasteiger partial charge in [0.1, 0.15) is 17.3 Å². The van der Waals surface area contributed by atoms with Crippen LogP contribution in [0.25, 0.3) is 16.6 Å². The van der Waals surface area contributed by atoms with Crippen molar-refractivity contribution in [1.82, 2.24) is 14.5 Å². The van der Waals surface area contributed by atoms with Crippen LogP contribution in [0.4, 0.5) is 0 Å². The summed E-state index contributed by atoms with van der Waals surface area (Å²) in [4.78, 5) is 34.4. The minimum atomic E-state index is -0.444. The van der Waals surface area contributed by atoms with Crippen LogP contribution >= 0.6 is 0 Å². The molecule has 0 aliphatic heterocycles. The third-order valence-corrected chi connectivity index (χ3v) is 6.62. The number of benzene rings is 3. The first-order chi connectivity index (χ1) is 18.6. The van der Waals surface area contributed by atoms with Gasteiger partial charge in [-0.05, 0) is 49.2 Å². The fourth-order valence-corrected chi connectivity index (χ4v) is 4.69. The lowest BCUT2D eigenvalue weighted by Crippen LogP contribution is -2.41. The van der Waals surface area contributed by atoms with Crippen LogP contribution in [0.15, 0.2) is 83.7 Å². The first kappa shape index (κ1) is 26.9. The van der Waals surface area contributed by atoms with Crippen molar-refractivity contribution in [1.29, 1.82) is 0 Å². The number of carbonyl (C=O) groups is 1. The minimum absolute atomic E-state index is 0.0981. The van der Waals surface area contributed by atoms with Gasteiger partial charge in [-0.2, -0.15) is 0 Å². The molecule has 0 radical (unpaired) electrons. The van der Waals surface area contributed by atoms with Crippen molar-refractivity contribution in [2.24, 2.45) is 0 Å². The molecule has 4 rings (SSSR count). The second kappa shape index (κ2) is 12.9. The number of ether oxygens (including phenoxy) is 2. The highest BCUT2D eigenvalue weighted by Crippen LogP contribution is 2.30. The molecule has 0 aliphatic rings. The molecule has 7 nitrogen and oxygen atoms in total. The van der Waals surface area contributed by atoms with Crippen LogP contribution in [0.1, 0.15) is 51.4 Å². The number of unbranched alkanes of at least 4 members (excludes halogenated alkanes) is 2. The maximum atomic E-state index is 13.9. The van der Waals surface area contributed by atoms with Crippen LogP contribution in [0.3, 0.4) is 0 Å². The van der Waals surface area contributed by atoms with E-state index in [9.17, 15) is 9.59 Å². The highest BCUT2D eigenvalue weighted by Gasteiger charge is 2.29. The Labute approximate surface area is 223 Å². The number of carbonyl (C=O) groups excluding carboxylic acids is 1. The van der Waals surface area contributed by atoms with E-state index in [0.717, 1.165) is 19.3 Å². The molecule has 4 aromatic rings. The Hall–Kier alpha value is -4.13. The van der Waals surface area contributed by atoms with E-state index < -0.39 is 6.04 Å². The maximum Gasteiger partial charge on any atom is 0.266 e. The van der Waals surface area contributed by atoms with Gasteiger partial charge in [0.15, 0.2) is 6.61 Å². The molecule has 0 fully saturated rings. The van der Waals surface area contributed by atoms with Crippen molar-refractivity contribution >= 4 is 16.8 Å². The second-order valence-corrected chi connectivity index (χ2v) is 9.12. The molecule has 0 aliphatic carbocycles. The largest absolute Gasteiger partial charge is 0.495 e. The number of para-hydroxylation sites is 4. The van der Waals surface area contributed by atoms with E-state index in [2.05, 4.69) is 6.92 Å². The standard InChI is InChI=1S/C31H35N3O4/c1-4-6-14-21-33(29(35)22-38-23-15-8-7-9-16-23)26(5-2)30-32-25-18-11-10-17-24(25)31(36)34(30)27-19-12-13-20-28(27)37-3/h7-13,15-20,26H,4-6,14,21-22H2,1-3H3. The number of rotatable bonds is 12. The molecule has 198 valence electrons. The van der Waals surface area contributed by atoms with Gasteiger partial charge in [-0.1, -0.05) is 69.2 Å². The Balaban J connectivity index is 1.83. The quantitative estimate of drug-likeness (QED) is 0.219. The number of nitrogens with zero attached hydrogens (tertiary/aromatic N) is 3. The molecule has 0 spiro atoms. The summed E-state index contributed by atoms with van der Waals surface area (Å²) >= 11 is 0. The summed E-state index contributed by atoms with van der Waals surface area (Å²) in [5.74, 6) is 1.55. The molecule has 3 aromatic carbocycles. The number of amides is 1. The van der Waals surface area contributed by atoms with Gasteiger partial charge in [0.05, 0.1) is 29.7 Å². The van der Waals surface area contributed by atoms with Crippen molar-refractivity contribution < 1.29 is 14.3 Å². The van der Waals surface area contributed by atoms with Gasteiger partial charge < -0.3 is 14.4 Å². The molecule has 1 atom stereocenters. The summed E-state index contributed by atoms with van der Waals surface area (Å²) in [6, 6.07) is 23.6. The molecular formula is C31H35N3O4. The highest BCUT2D eigenvalue weighted by molar-refractivity contribution is 5.80. The van der Waals surface area contributed by atoms with E-state index >= 15 is 0 Å². The number of hydrogen-bond donors (Lipinski definition) is 0. The Morgan fingerprint density at radius 2 is 1.66 bits per heavy atom. The predicted octanol–water partition coefficient (Wildman–Crippen LogP) is 5.94. The molecule has 0 N–H and O–H groups in total. The molecule has 0 saturated carbocycles. The SMILES string of the molecule is CCCCCN(C(=O)COc1ccccc1)C(CC)c1nc2ccccc2c(=O)n1-c1ccccc1OC.